The molecule has 0 bridgehead atoms. The van der Waals surface area contributed by atoms with Crippen molar-refractivity contribution in [1.29, 1.82) is 0 Å². The summed E-state index contributed by atoms with van der Waals surface area (Å²) in [5.74, 6) is -2.35. The smallest absolute Gasteiger partial charge is 0.303 e. The van der Waals surface area contributed by atoms with Gasteiger partial charge in [-0.25, -0.2) is 0 Å². The summed E-state index contributed by atoms with van der Waals surface area (Å²) in [6, 6.07) is 0. The van der Waals surface area contributed by atoms with Crippen molar-refractivity contribution in [1.82, 2.24) is 20.3 Å². The van der Waals surface area contributed by atoms with E-state index in [9.17, 15) is 29.7 Å². The zero-order valence-corrected chi connectivity index (χ0v) is 26.9. The number of carbonyl (C=O) groups excluding carboxylic acids is 1. The molecule has 236 valence electrons. The van der Waals surface area contributed by atoms with Crippen molar-refractivity contribution >= 4 is 48.7 Å². The number of allylic oxidation sites excluding steroid dienone is 1. The molecule has 1 amide bonds. The van der Waals surface area contributed by atoms with Crippen LogP contribution in [0.1, 0.15) is 84.1 Å². The van der Waals surface area contributed by atoms with Crippen molar-refractivity contribution in [2.45, 2.75) is 78.9 Å². The van der Waals surface area contributed by atoms with Gasteiger partial charge in [0.05, 0.1) is 0 Å². The van der Waals surface area contributed by atoms with Gasteiger partial charge in [0, 0.05) is 63.4 Å². The molecule has 1 aliphatic heterocycles. The maximum absolute atomic E-state index is 12.5. The average Bonchev–Trinajstić information content (AvgIpc) is 3.59. The van der Waals surface area contributed by atoms with Gasteiger partial charge in [-0.05, 0) is 97.5 Å². The molecule has 0 radical (unpaired) electrons. The molecule has 10 nitrogen and oxygen atoms in total. The molecule has 1 saturated heterocycles. The first-order chi connectivity index (χ1) is 20.7. The fourth-order valence-corrected chi connectivity index (χ4v) is 6.64. The highest BCUT2D eigenvalue weighted by Crippen LogP contribution is 2.34. The quantitative estimate of drug-likeness (QED) is 0.162. The molecule has 44 heavy (non-hydrogen) atoms. The minimum absolute atomic E-state index is 0.0641. The van der Waals surface area contributed by atoms with Crippen LogP contribution in [0.5, 0.6) is 5.88 Å². The van der Waals surface area contributed by atoms with E-state index in [0.29, 0.717) is 23.2 Å². The summed E-state index contributed by atoms with van der Waals surface area (Å²) < 4.78 is 0. The van der Waals surface area contributed by atoms with Crippen LogP contribution in [0.15, 0.2) is 5.70 Å². The van der Waals surface area contributed by atoms with E-state index in [1.807, 2.05) is 59.8 Å². The number of hydrogen-bond acceptors (Lipinski definition) is 5. The summed E-state index contributed by atoms with van der Waals surface area (Å²) in [5, 5.41) is 35.7. The van der Waals surface area contributed by atoms with Gasteiger partial charge in [0.2, 0.25) is 5.91 Å². The van der Waals surface area contributed by atoms with Crippen LogP contribution in [-0.2, 0) is 33.6 Å². The number of carboxylic acids is 2. The molecular formula is C33H41N4O6S-. The van der Waals surface area contributed by atoms with Gasteiger partial charge in [0.15, 0.2) is 0 Å². The van der Waals surface area contributed by atoms with Crippen LogP contribution in [0.25, 0.3) is 18.2 Å². The number of nitrogens with one attached hydrogen (secondary N) is 4. The Bertz CT molecular complexity index is 1760. The van der Waals surface area contributed by atoms with Crippen molar-refractivity contribution < 1.29 is 29.7 Å². The Morgan fingerprint density at radius 2 is 1.43 bits per heavy atom. The zero-order valence-electron chi connectivity index (χ0n) is 26.0. The highest BCUT2D eigenvalue weighted by Gasteiger charge is 2.37. The Labute approximate surface area is 261 Å². The standard InChI is InChI=1S/C33H42N4O6S/c1-7-20-15(2)25(36-33(20)43)12-23-16(3)21(8-10-29(38)39)26(34-23)14-27-22(9-11-30(40)41)17(4)24(35-27)13-28-31(19(6)44)18(5)32(42)37-28/h12-14,18-19,31,34-36,43-44H,7-11H2,1-6H3,(H,37,42)(H,38,39)(H,40,41)/p-1/b23-12+,26-14-,28-13-/t18-,19+,31+/m1/s1. The Hall–Kier alpha value is -4.12. The maximum Gasteiger partial charge on any atom is 0.303 e. The van der Waals surface area contributed by atoms with Gasteiger partial charge < -0.3 is 35.6 Å². The molecule has 6 N–H and O–H groups in total. The first-order valence-electron chi connectivity index (χ1n) is 14.9. The van der Waals surface area contributed by atoms with E-state index in [1.165, 1.54) is 0 Å². The second kappa shape index (κ2) is 13.3. The number of rotatable bonds is 11. The zero-order chi connectivity index (χ0) is 32.5. The van der Waals surface area contributed by atoms with E-state index in [0.717, 1.165) is 50.1 Å². The molecule has 3 aromatic rings. The topological polar surface area (TPSA) is 174 Å². The average molecular weight is 622 g/mol. The second-order valence-electron chi connectivity index (χ2n) is 11.7. The van der Waals surface area contributed by atoms with Gasteiger partial charge >= 0.3 is 11.9 Å². The number of aliphatic carboxylic acids is 2. The van der Waals surface area contributed by atoms with Crippen molar-refractivity contribution in [2.75, 3.05) is 0 Å². The SMILES string of the molecule is CCc1c([O-])[nH]c(/C=c2/[nH]/c(=C\c3[nH]c(/C=C4\NC(=O)[C@H](C)[C@H]4[C@H](C)S)c(C)c3CCC(=O)O)c(CCC(=O)O)c2C)c1C. The molecule has 11 heteroatoms. The summed E-state index contributed by atoms with van der Waals surface area (Å²) in [6.45, 7) is 11.5. The van der Waals surface area contributed by atoms with Gasteiger partial charge in [-0.15, -0.1) is 0 Å². The fourth-order valence-electron chi connectivity index (χ4n) is 6.22. The van der Waals surface area contributed by atoms with E-state index in [1.54, 1.807) is 0 Å². The van der Waals surface area contributed by atoms with Crippen molar-refractivity contribution in [3.63, 3.8) is 0 Å². The first-order valence-corrected chi connectivity index (χ1v) is 15.4. The van der Waals surface area contributed by atoms with Gasteiger partial charge in [-0.1, -0.05) is 20.8 Å². The summed E-state index contributed by atoms with van der Waals surface area (Å²) in [5.41, 5.74) is 7.86. The maximum atomic E-state index is 12.5. The minimum atomic E-state index is -0.919. The Morgan fingerprint density at radius 3 is 2.00 bits per heavy atom. The summed E-state index contributed by atoms with van der Waals surface area (Å²) in [6.07, 6.45) is 6.69. The highest BCUT2D eigenvalue weighted by molar-refractivity contribution is 7.80. The van der Waals surface area contributed by atoms with E-state index in [2.05, 4.69) is 32.9 Å². The number of carboxylic acid groups (broad SMARTS) is 2. The van der Waals surface area contributed by atoms with Crippen molar-refractivity contribution in [2.24, 2.45) is 11.8 Å². The lowest BCUT2D eigenvalue weighted by atomic mass is 9.91. The molecule has 4 heterocycles. The number of thiol groups is 1. The number of carbonyl (C=O) groups is 3. The first kappa shape index (κ1) is 32.8. The summed E-state index contributed by atoms with van der Waals surface area (Å²) in [4.78, 5) is 45.4. The molecule has 0 aromatic carbocycles. The van der Waals surface area contributed by atoms with Crippen molar-refractivity contribution in [3.05, 3.63) is 66.9 Å². The van der Waals surface area contributed by atoms with Crippen LogP contribution in [0.3, 0.4) is 0 Å². The van der Waals surface area contributed by atoms with Crippen LogP contribution in [0, 0.1) is 32.6 Å². The molecule has 0 spiro atoms. The third kappa shape index (κ3) is 6.67. The van der Waals surface area contributed by atoms with Gasteiger partial charge in [-0.2, -0.15) is 12.6 Å². The van der Waals surface area contributed by atoms with Gasteiger partial charge in [0.25, 0.3) is 0 Å². The molecule has 0 aliphatic carbocycles. The lowest BCUT2D eigenvalue weighted by molar-refractivity contribution is -0.275. The Balaban J connectivity index is 1.92. The summed E-state index contributed by atoms with van der Waals surface area (Å²) in [7, 11) is 0. The van der Waals surface area contributed by atoms with Gasteiger partial charge in [-0.3, -0.25) is 14.4 Å². The van der Waals surface area contributed by atoms with Crippen LogP contribution in [0.2, 0.25) is 0 Å². The normalized spacial score (nSPS) is 19.2. The van der Waals surface area contributed by atoms with E-state index >= 15 is 0 Å². The largest absolute Gasteiger partial charge is 0.860 e. The molecule has 3 aromatic heterocycles. The third-order valence-corrected chi connectivity index (χ3v) is 9.11. The number of H-pyrrole nitrogens is 3. The fraction of sp³-hybridized carbons (Fsp3) is 0.424. The molecule has 0 unspecified atom stereocenters. The molecule has 4 rings (SSSR count). The van der Waals surface area contributed by atoms with E-state index in [4.69, 9.17) is 0 Å². The van der Waals surface area contributed by atoms with Crippen LogP contribution < -0.4 is 21.1 Å². The Kier molecular flexibility index (Phi) is 9.88. The van der Waals surface area contributed by atoms with E-state index in [-0.39, 0.29) is 54.6 Å². The lowest BCUT2D eigenvalue weighted by Gasteiger charge is -2.17. The van der Waals surface area contributed by atoms with Crippen LogP contribution in [-0.4, -0.2) is 48.3 Å². The molecular weight excluding hydrogens is 580 g/mol. The second-order valence-corrected chi connectivity index (χ2v) is 12.5. The molecule has 1 fully saturated rings. The van der Waals surface area contributed by atoms with Crippen LogP contribution >= 0.6 is 12.6 Å². The number of aromatic amines is 3. The molecule has 3 atom stereocenters. The Morgan fingerprint density at radius 1 is 0.864 bits per heavy atom. The predicted molar refractivity (Wildman–Crippen MR) is 171 cm³/mol. The van der Waals surface area contributed by atoms with Crippen molar-refractivity contribution in [3.8, 4) is 5.88 Å². The highest BCUT2D eigenvalue weighted by atomic mass is 32.1. The number of hydrogen-bond donors (Lipinski definition) is 7. The number of amides is 1. The third-order valence-electron chi connectivity index (χ3n) is 8.79. The lowest BCUT2D eigenvalue weighted by Crippen LogP contribution is -2.19. The monoisotopic (exact) mass is 621 g/mol. The van der Waals surface area contributed by atoms with E-state index < -0.39 is 11.9 Å². The molecule has 1 aliphatic rings. The van der Waals surface area contributed by atoms with Gasteiger partial charge in [0.1, 0.15) is 0 Å². The predicted octanol–water partition coefficient (Wildman–Crippen LogP) is 2.97. The summed E-state index contributed by atoms with van der Waals surface area (Å²) >= 11 is 4.62. The number of aromatic nitrogens is 3. The van der Waals surface area contributed by atoms with Crippen LogP contribution in [0.4, 0.5) is 0 Å². The minimum Gasteiger partial charge on any atom is -0.860 e. The molecule has 0 saturated carbocycles.